The minimum atomic E-state index is -0.580. The highest BCUT2D eigenvalue weighted by Crippen LogP contribution is 2.20. The minimum absolute atomic E-state index is 0.0869. The molecule has 2 aromatic heterocycles. The highest BCUT2D eigenvalue weighted by atomic mass is 35.5. The van der Waals surface area contributed by atoms with Crippen LogP contribution in [-0.4, -0.2) is 16.0 Å². The van der Waals surface area contributed by atoms with E-state index in [1.54, 1.807) is 0 Å². The van der Waals surface area contributed by atoms with Gasteiger partial charge in [-0.25, -0.2) is 4.39 Å². The molecule has 0 aliphatic rings. The number of thiophene rings is 1. The van der Waals surface area contributed by atoms with Crippen LogP contribution in [0, 0.1) is 5.82 Å². The smallest absolute Gasteiger partial charge is 0.227 e. The summed E-state index contributed by atoms with van der Waals surface area (Å²) in [6.45, 7) is 0. The normalized spacial score (nSPS) is 10.7. The topological polar surface area (TPSA) is 68.0 Å². The second-order valence-electron chi connectivity index (χ2n) is 4.70. The molecule has 0 radical (unpaired) electrons. The third kappa shape index (κ3) is 3.94. The van der Waals surface area contributed by atoms with Crippen molar-refractivity contribution in [2.45, 2.75) is 12.8 Å². The molecule has 0 saturated carbocycles. The Morgan fingerprint density at radius 1 is 1.39 bits per heavy atom. The van der Waals surface area contributed by atoms with E-state index in [-0.39, 0.29) is 29.5 Å². The van der Waals surface area contributed by atoms with E-state index in [0.717, 1.165) is 11.6 Å². The second kappa shape index (κ2) is 6.89. The number of halogens is 2. The van der Waals surface area contributed by atoms with Crippen molar-refractivity contribution in [3.05, 3.63) is 51.8 Å². The second-order valence-corrected chi connectivity index (χ2v) is 5.91. The molecule has 0 saturated heterocycles. The molecule has 1 N–H and O–H groups in total. The van der Waals surface area contributed by atoms with Gasteiger partial charge >= 0.3 is 0 Å². The van der Waals surface area contributed by atoms with Crippen molar-refractivity contribution in [2.75, 3.05) is 5.32 Å². The molecule has 5 nitrogen and oxygen atoms in total. The molecule has 0 bridgehead atoms. The molecule has 0 aliphatic carbocycles. The summed E-state index contributed by atoms with van der Waals surface area (Å²) >= 11 is 7.19. The molecule has 1 amide bonds. The number of carbonyl (C=O) groups is 1. The number of carbonyl (C=O) groups excluding carboxylic acids is 1. The van der Waals surface area contributed by atoms with Gasteiger partial charge in [0, 0.05) is 28.8 Å². The van der Waals surface area contributed by atoms with Crippen molar-refractivity contribution >= 4 is 34.5 Å². The molecule has 3 aromatic rings. The standard InChI is InChI=1S/C15H11ClFN3O2S/c16-10-1-2-12(11(17)7-10)18-13(21)3-4-14-19-15(20-22-14)9-5-6-23-8-9/h1-2,5-8H,3-4H2,(H,18,21). The Labute approximate surface area is 140 Å². The number of benzene rings is 1. The quantitative estimate of drug-likeness (QED) is 0.749. The minimum Gasteiger partial charge on any atom is -0.339 e. The van der Waals surface area contributed by atoms with Gasteiger partial charge in [0.2, 0.25) is 17.6 Å². The molecule has 1 aromatic carbocycles. The zero-order chi connectivity index (χ0) is 16.2. The van der Waals surface area contributed by atoms with Gasteiger partial charge in [-0.2, -0.15) is 16.3 Å². The summed E-state index contributed by atoms with van der Waals surface area (Å²) in [6, 6.07) is 5.94. The van der Waals surface area contributed by atoms with Gasteiger partial charge in [0.05, 0.1) is 5.69 Å². The molecule has 3 rings (SSSR count). The number of rotatable bonds is 5. The van der Waals surface area contributed by atoms with E-state index < -0.39 is 5.82 Å². The summed E-state index contributed by atoms with van der Waals surface area (Å²) in [4.78, 5) is 16.1. The lowest BCUT2D eigenvalue weighted by molar-refractivity contribution is -0.116. The number of nitrogens with zero attached hydrogens (tertiary/aromatic N) is 2. The van der Waals surface area contributed by atoms with E-state index in [0.29, 0.717) is 11.7 Å². The maximum absolute atomic E-state index is 13.6. The van der Waals surface area contributed by atoms with Crippen LogP contribution < -0.4 is 5.32 Å². The SMILES string of the molecule is O=C(CCc1nc(-c2ccsc2)no1)Nc1ccc(Cl)cc1F. The van der Waals surface area contributed by atoms with E-state index in [1.807, 2.05) is 16.8 Å². The Morgan fingerprint density at radius 3 is 3.00 bits per heavy atom. The third-order valence-electron chi connectivity index (χ3n) is 3.02. The number of nitrogens with one attached hydrogen (secondary N) is 1. The zero-order valence-corrected chi connectivity index (χ0v) is 13.3. The number of hydrogen-bond donors (Lipinski definition) is 1. The van der Waals surface area contributed by atoms with Crippen LogP contribution in [0.15, 0.2) is 39.5 Å². The van der Waals surface area contributed by atoms with E-state index in [1.165, 1.54) is 23.5 Å². The molecular weight excluding hydrogens is 341 g/mol. The van der Waals surface area contributed by atoms with Crippen molar-refractivity contribution in [2.24, 2.45) is 0 Å². The molecule has 118 valence electrons. The summed E-state index contributed by atoms with van der Waals surface area (Å²) in [5.41, 5.74) is 0.960. The Kier molecular flexibility index (Phi) is 4.68. The van der Waals surface area contributed by atoms with Gasteiger partial charge in [0.15, 0.2) is 0 Å². The molecular formula is C15H11ClFN3O2S. The van der Waals surface area contributed by atoms with Crippen molar-refractivity contribution in [1.82, 2.24) is 10.1 Å². The summed E-state index contributed by atoms with van der Waals surface area (Å²) < 4.78 is 18.7. The maximum atomic E-state index is 13.6. The number of hydrogen-bond acceptors (Lipinski definition) is 5. The number of anilines is 1. The van der Waals surface area contributed by atoms with Crippen LogP contribution >= 0.6 is 22.9 Å². The van der Waals surface area contributed by atoms with E-state index in [4.69, 9.17) is 16.1 Å². The Morgan fingerprint density at radius 2 is 2.26 bits per heavy atom. The molecule has 0 spiro atoms. The predicted molar refractivity (Wildman–Crippen MR) is 86.0 cm³/mol. The number of aryl methyl sites for hydroxylation is 1. The molecule has 8 heteroatoms. The van der Waals surface area contributed by atoms with Gasteiger partial charge in [-0.3, -0.25) is 4.79 Å². The van der Waals surface area contributed by atoms with Crippen molar-refractivity contribution in [3.63, 3.8) is 0 Å². The number of amides is 1. The Bertz CT molecular complexity index is 820. The first-order valence-electron chi connectivity index (χ1n) is 6.72. The molecule has 0 aliphatic heterocycles. The molecule has 2 heterocycles. The van der Waals surface area contributed by atoms with Gasteiger partial charge in [-0.1, -0.05) is 16.8 Å². The lowest BCUT2D eigenvalue weighted by atomic mass is 10.2. The average Bonchev–Trinajstić information content (AvgIpc) is 3.18. The summed E-state index contributed by atoms with van der Waals surface area (Å²) in [7, 11) is 0. The molecule has 23 heavy (non-hydrogen) atoms. The predicted octanol–water partition coefficient (Wildman–Crippen LogP) is 4.16. The highest BCUT2D eigenvalue weighted by molar-refractivity contribution is 7.08. The zero-order valence-electron chi connectivity index (χ0n) is 11.8. The molecule has 0 atom stereocenters. The molecule has 0 fully saturated rings. The van der Waals surface area contributed by atoms with Crippen LogP contribution in [0.1, 0.15) is 12.3 Å². The van der Waals surface area contributed by atoms with Crippen LogP contribution in [0.5, 0.6) is 0 Å². The van der Waals surface area contributed by atoms with Crippen molar-refractivity contribution in [3.8, 4) is 11.4 Å². The fourth-order valence-electron chi connectivity index (χ4n) is 1.89. The van der Waals surface area contributed by atoms with Gasteiger partial charge in [-0.05, 0) is 29.6 Å². The lowest BCUT2D eigenvalue weighted by Crippen LogP contribution is -2.13. The van der Waals surface area contributed by atoms with Crippen LogP contribution in [-0.2, 0) is 11.2 Å². The fraction of sp³-hybridized carbons (Fsp3) is 0.133. The van der Waals surface area contributed by atoms with E-state index in [9.17, 15) is 9.18 Å². The van der Waals surface area contributed by atoms with Gasteiger partial charge in [0.25, 0.3) is 0 Å². The van der Waals surface area contributed by atoms with Crippen molar-refractivity contribution in [1.29, 1.82) is 0 Å². The number of aromatic nitrogens is 2. The first-order chi connectivity index (χ1) is 11.1. The maximum Gasteiger partial charge on any atom is 0.227 e. The van der Waals surface area contributed by atoms with E-state index >= 15 is 0 Å². The lowest BCUT2D eigenvalue weighted by Gasteiger charge is -2.05. The first-order valence-corrected chi connectivity index (χ1v) is 8.04. The highest BCUT2D eigenvalue weighted by Gasteiger charge is 2.12. The van der Waals surface area contributed by atoms with Gasteiger partial charge < -0.3 is 9.84 Å². The summed E-state index contributed by atoms with van der Waals surface area (Å²) in [6.07, 6.45) is 0.380. The van der Waals surface area contributed by atoms with Gasteiger partial charge in [-0.15, -0.1) is 0 Å². The first kappa shape index (κ1) is 15.6. The Hall–Kier alpha value is -2.25. The average molecular weight is 352 g/mol. The fourth-order valence-corrected chi connectivity index (χ4v) is 2.68. The Balaban J connectivity index is 1.57. The largest absolute Gasteiger partial charge is 0.339 e. The van der Waals surface area contributed by atoms with Crippen LogP contribution in [0.2, 0.25) is 5.02 Å². The van der Waals surface area contributed by atoms with Crippen molar-refractivity contribution < 1.29 is 13.7 Å². The van der Waals surface area contributed by atoms with Crippen LogP contribution in [0.4, 0.5) is 10.1 Å². The molecule has 0 unspecified atom stereocenters. The van der Waals surface area contributed by atoms with E-state index in [2.05, 4.69) is 15.5 Å². The third-order valence-corrected chi connectivity index (χ3v) is 3.94. The summed E-state index contributed by atoms with van der Waals surface area (Å²) in [5.74, 6) is -0.0757. The van der Waals surface area contributed by atoms with Crippen LogP contribution in [0.3, 0.4) is 0 Å². The summed E-state index contributed by atoms with van der Waals surface area (Å²) in [5, 5.41) is 10.4. The van der Waals surface area contributed by atoms with Gasteiger partial charge in [0.1, 0.15) is 5.82 Å². The van der Waals surface area contributed by atoms with Crippen LogP contribution in [0.25, 0.3) is 11.4 Å². The monoisotopic (exact) mass is 351 g/mol.